The Morgan fingerprint density at radius 2 is 1.09 bits per heavy atom. The van der Waals surface area contributed by atoms with Crippen LogP contribution in [-0.4, -0.2) is 12.6 Å². The van der Waals surface area contributed by atoms with Gasteiger partial charge in [-0.1, -0.05) is 48.5 Å². The Hall–Kier alpha value is -6.02. The van der Waals surface area contributed by atoms with E-state index in [0.717, 1.165) is 88.7 Å². The summed E-state index contributed by atoms with van der Waals surface area (Å²) in [6.45, 7) is 2.65. The summed E-state index contributed by atoms with van der Waals surface area (Å²) in [4.78, 5) is 2.13. The fourth-order valence-electron chi connectivity index (χ4n) is 6.58. The number of fused-ring (bicyclic) bond motifs is 7. The standard InChI is InChI=1S/C39H21N5S/c1-21(16-40)34-30-14-26(24-6-2-22(17-41)3-7-24)10-12-28(30)36-37-29-13-11-27(25-8-4-23(18-42)5-9-25)15-31(29)35(39(37)45-38(34)36)32(19-43)33-20-44-33/h2-15,33,44H,20H2,1H3/b34-21+,35-32-. The van der Waals surface area contributed by atoms with Crippen LogP contribution in [0.3, 0.4) is 0 Å². The maximum Gasteiger partial charge on any atom is 0.0991 e. The number of hydrogen-bond donors (Lipinski definition) is 1. The summed E-state index contributed by atoms with van der Waals surface area (Å²) >= 11 is 1.67. The van der Waals surface area contributed by atoms with E-state index in [0.29, 0.717) is 16.7 Å². The zero-order valence-electron chi connectivity index (χ0n) is 24.1. The predicted octanol–water partition coefficient (Wildman–Crippen LogP) is 8.43. The number of thiophene rings is 1. The molecule has 1 fully saturated rings. The van der Waals surface area contributed by atoms with Gasteiger partial charge >= 0.3 is 0 Å². The summed E-state index contributed by atoms with van der Waals surface area (Å²) in [5, 5.41) is 42.4. The molecule has 2 aliphatic carbocycles. The van der Waals surface area contributed by atoms with Gasteiger partial charge in [0.15, 0.2) is 0 Å². The molecule has 5 aromatic rings. The van der Waals surface area contributed by atoms with Gasteiger partial charge in [-0.25, -0.2) is 0 Å². The number of hydrogen-bond acceptors (Lipinski definition) is 6. The summed E-state index contributed by atoms with van der Waals surface area (Å²) in [6.07, 6.45) is 0. The molecule has 45 heavy (non-hydrogen) atoms. The summed E-state index contributed by atoms with van der Waals surface area (Å²) < 4.78 is 0. The van der Waals surface area contributed by atoms with Crippen molar-refractivity contribution < 1.29 is 0 Å². The van der Waals surface area contributed by atoms with Crippen molar-refractivity contribution in [3.05, 3.63) is 128 Å². The van der Waals surface area contributed by atoms with Gasteiger partial charge in [-0.3, -0.25) is 0 Å². The van der Waals surface area contributed by atoms with Gasteiger partial charge in [-0.05, 0) is 87.8 Å². The van der Waals surface area contributed by atoms with Gasteiger partial charge in [-0.2, -0.15) is 21.0 Å². The smallest absolute Gasteiger partial charge is 0.0991 e. The van der Waals surface area contributed by atoms with Crippen LogP contribution < -0.4 is 5.32 Å². The van der Waals surface area contributed by atoms with Crippen LogP contribution in [0.1, 0.15) is 38.9 Å². The van der Waals surface area contributed by atoms with Crippen molar-refractivity contribution in [1.82, 2.24) is 5.32 Å². The average Bonchev–Trinajstić information content (AvgIpc) is 3.70. The summed E-state index contributed by atoms with van der Waals surface area (Å²) in [5.41, 5.74) is 15.1. The number of rotatable bonds is 3. The number of nitrogens with one attached hydrogen (secondary N) is 1. The van der Waals surface area contributed by atoms with E-state index < -0.39 is 0 Å². The molecule has 1 atom stereocenters. The van der Waals surface area contributed by atoms with E-state index in [4.69, 9.17) is 0 Å². The highest BCUT2D eigenvalue weighted by molar-refractivity contribution is 7.16. The van der Waals surface area contributed by atoms with E-state index in [-0.39, 0.29) is 6.04 Å². The molecule has 8 rings (SSSR count). The van der Waals surface area contributed by atoms with E-state index in [1.54, 1.807) is 11.3 Å². The summed E-state index contributed by atoms with van der Waals surface area (Å²) in [7, 11) is 0. The second-order valence-electron chi connectivity index (χ2n) is 11.4. The number of allylic oxidation sites excluding steroid dienone is 1. The molecule has 1 saturated heterocycles. The van der Waals surface area contributed by atoms with Crippen LogP contribution in [-0.2, 0) is 0 Å². The number of nitriles is 4. The Labute approximate surface area is 264 Å². The molecule has 5 nitrogen and oxygen atoms in total. The molecule has 0 bridgehead atoms. The molecular weight excluding hydrogens is 571 g/mol. The minimum absolute atomic E-state index is 0.0254. The quantitative estimate of drug-likeness (QED) is 0.163. The van der Waals surface area contributed by atoms with E-state index in [9.17, 15) is 21.0 Å². The van der Waals surface area contributed by atoms with Gasteiger partial charge in [0.25, 0.3) is 0 Å². The van der Waals surface area contributed by atoms with E-state index >= 15 is 0 Å². The lowest BCUT2D eigenvalue weighted by molar-refractivity contribution is 1.15. The molecule has 1 N–H and O–H groups in total. The molecule has 208 valence electrons. The fourth-order valence-corrected chi connectivity index (χ4v) is 8.10. The largest absolute Gasteiger partial charge is 0.306 e. The highest BCUT2D eigenvalue weighted by Gasteiger charge is 2.41. The Morgan fingerprint density at radius 3 is 1.53 bits per heavy atom. The second-order valence-corrected chi connectivity index (χ2v) is 12.4. The lowest BCUT2D eigenvalue weighted by Crippen LogP contribution is -1.99. The van der Waals surface area contributed by atoms with Crippen LogP contribution in [0.15, 0.2) is 96.1 Å². The summed E-state index contributed by atoms with van der Waals surface area (Å²) in [5.74, 6) is 0. The number of nitrogens with zero attached hydrogens (tertiary/aromatic N) is 4. The van der Waals surface area contributed by atoms with E-state index in [2.05, 4.69) is 66.0 Å². The van der Waals surface area contributed by atoms with Crippen LogP contribution in [0.25, 0.3) is 55.7 Å². The Bertz CT molecular complexity index is 2360. The third-order valence-electron chi connectivity index (χ3n) is 8.86. The van der Waals surface area contributed by atoms with Crippen LogP contribution in [0.5, 0.6) is 0 Å². The van der Waals surface area contributed by atoms with Crippen molar-refractivity contribution in [2.24, 2.45) is 0 Å². The monoisotopic (exact) mass is 591 g/mol. The first-order valence-electron chi connectivity index (χ1n) is 14.5. The van der Waals surface area contributed by atoms with Gasteiger partial charge < -0.3 is 5.32 Å². The zero-order valence-corrected chi connectivity index (χ0v) is 24.9. The number of benzene rings is 4. The summed E-state index contributed by atoms with van der Waals surface area (Å²) in [6, 6.07) is 37.3. The third-order valence-corrected chi connectivity index (χ3v) is 10.1. The molecule has 0 amide bonds. The molecule has 3 aliphatic rings. The van der Waals surface area contributed by atoms with Crippen LogP contribution in [0.2, 0.25) is 0 Å². The van der Waals surface area contributed by atoms with Crippen molar-refractivity contribution in [3.8, 4) is 68.8 Å². The molecule has 6 heteroatoms. The van der Waals surface area contributed by atoms with Crippen LogP contribution in [0.4, 0.5) is 0 Å². The van der Waals surface area contributed by atoms with Crippen molar-refractivity contribution >= 4 is 22.5 Å². The van der Waals surface area contributed by atoms with Crippen LogP contribution >= 0.6 is 11.3 Å². The van der Waals surface area contributed by atoms with Crippen molar-refractivity contribution in [2.45, 2.75) is 13.0 Å². The molecule has 1 unspecified atom stereocenters. The van der Waals surface area contributed by atoms with Crippen molar-refractivity contribution in [3.63, 3.8) is 0 Å². The normalized spacial score (nSPS) is 17.0. The van der Waals surface area contributed by atoms with Crippen LogP contribution in [0, 0.1) is 45.3 Å². The molecule has 1 aliphatic heterocycles. The van der Waals surface area contributed by atoms with Gasteiger partial charge in [0, 0.05) is 44.1 Å². The molecule has 0 radical (unpaired) electrons. The van der Waals surface area contributed by atoms with Gasteiger partial charge in [0.05, 0.1) is 47.0 Å². The zero-order chi connectivity index (χ0) is 30.8. The second kappa shape index (κ2) is 10.0. The van der Waals surface area contributed by atoms with Gasteiger partial charge in [0.2, 0.25) is 0 Å². The van der Waals surface area contributed by atoms with Gasteiger partial charge in [0.1, 0.15) is 0 Å². The Morgan fingerprint density at radius 1 is 0.622 bits per heavy atom. The predicted molar refractivity (Wildman–Crippen MR) is 176 cm³/mol. The van der Waals surface area contributed by atoms with Crippen molar-refractivity contribution in [2.75, 3.05) is 6.54 Å². The van der Waals surface area contributed by atoms with E-state index in [1.165, 1.54) is 0 Å². The third kappa shape index (κ3) is 3.99. The Balaban J connectivity index is 1.36. The first kappa shape index (κ1) is 26.6. The first-order chi connectivity index (χ1) is 22.0. The SMILES string of the molecule is C/C(C#N)=C1/c2cc(-c3ccc(C#N)cc3)ccc2-c2c1sc1c2-c2ccc(-c3ccc(C#N)cc3)cc2/C1=C(\C#N)C1CN1. The van der Waals surface area contributed by atoms with E-state index in [1.807, 2.05) is 55.5 Å². The first-order valence-corrected chi connectivity index (χ1v) is 15.3. The Kier molecular flexibility index (Phi) is 5.92. The molecule has 2 heterocycles. The topological polar surface area (TPSA) is 117 Å². The molecule has 0 saturated carbocycles. The molecule has 4 aromatic carbocycles. The maximum atomic E-state index is 10.4. The highest BCUT2D eigenvalue weighted by Crippen LogP contribution is 2.62. The van der Waals surface area contributed by atoms with Crippen molar-refractivity contribution in [1.29, 1.82) is 21.0 Å². The highest BCUT2D eigenvalue weighted by atomic mass is 32.1. The average molecular weight is 592 g/mol. The lowest BCUT2D eigenvalue weighted by atomic mass is 9.93. The molecule has 1 aromatic heterocycles. The molecule has 0 spiro atoms. The fraction of sp³-hybridized carbons (Fsp3) is 0.0769. The van der Waals surface area contributed by atoms with Gasteiger partial charge in [-0.15, -0.1) is 11.3 Å². The lowest BCUT2D eigenvalue weighted by Gasteiger charge is -2.10. The minimum Gasteiger partial charge on any atom is -0.306 e. The molecular formula is C39H21N5S. The maximum absolute atomic E-state index is 10.4. The minimum atomic E-state index is 0.0254.